The Bertz CT molecular complexity index is 1230. The second-order valence-corrected chi connectivity index (χ2v) is 8.32. The van der Waals surface area contributed by atoms with E-state index in [4.69, 9.17) is 11.6 Å². The molecular formula is C25H25ClN4O4. The zero-order valence-corrected chi connectivity index (χ0v) is 19.8. The van der Waals surface area contributed by atoms with Crippen molar-refractivity contribution in [1.29, 1.82) is 0 Å². The Labute approximate surface area is 202 Å². The van der Waals surface area contributed by atoms with Crippen LogP contribution in [0.2, 0.25) is 5.02 Å². The van der Waals surface area contributed by atoms with E-state index in [1.807, 2.05) is 44.2 Å². The fourth-order valence-electron chi connectivity index (χ4n) is 3.50. The molecule has 176 valence electrons. The number of carbonyl (C=O) groups excluding carboxylic acids is 2. The lowest BCUT2D eigenvalue weighted by Crippen LogP contribution is -2.35. The molecule has 9 heteroatoms. The molecule has 0 atom stereocenters. The number of anilines is 2. The summed E-state index contributed by atoms with van der Waals surface area (Å²) in [7, 11) is 1.47. The molecule has 0 aliphatic heterocycles. The predicted octanol–water partition coefficient (Wildman–Crippen LogP) is 5.19. The van der Waals surface area contributed by atoms with Crippen LogP contribution < -0.4 is 10.6 Å². The van der Waals surface area contributed by atoms with Gasteiger partial charge in [-0.2, -0.15) is 0 Å². The van der Waals surface area contributed by atoms with Crippen LogP contribution in [0.5, 0.6) is 0 Å². The molecule has 2 amide bonds. The highest BCUT2D eigenvalue weighted by Gasteiger charge is 2.21. The number of aryl methyl sites for hydroxylation is 2. The number of amides is 2. The van der Waals surface area contributed by atoms with Crippen LogP contribution in [0.25, 0.3) is 0 Å². The maximum atomic E-state index is 12.9. The first-order chi connectivity index (χ1) is 16.2. The van der Waals surface area contributed by atoms with Gasteiger partial charge in [0.05, 0.1) is 11.5 Å². The molecule has 0 bridgehead atoms. The number of hydrogen-bond acceptors (Lipinski definition) is 5. The van der Waals surface area contributed by atoms with Crippen molar-refractivity contribution in [2.45, 2.75) is 20.4 Å². The number of carbonyl (C=O) groups is 2. The fraction of sp³-hybridized carbons (Fsp3) is 0.200. The SMILES string of the molecule is Cc1cccc(C)c1NC(=O)CN(C)C(=O)c1ccc(NCc2ccccc2Cl)c([N+](=O)[O-])c1. The number of rotatable bonds is 8. The number of nitrogens with zero attached hydrogens (tertiary/aromatic N) is 2. The topological polar surface area (TPSA) is 105 Å². The minimum atomic E-state index is -0.556. The number of nitro benzene ring substituents is 1. The molecule has 8 nitrogen and oxygen atoms in total. The van der Waals surface area contributed by atoms with E-state index in [1.54, 1.807) is 12.1 Å². The van der Waals surface area contributed by atoms with Gasteiger partial charge in [0.2, 0.25) is 5.91 Å². The van der Waals surface area contributed by atoms with E-state index in [1.165, 1.54) is 30.1 Å². The monoisotopic (exact) mass is 480 g/mol. The Hall–Kier alpha value is -3.91. The van der Waals surface area contributed by atoms with E-state index >= 15 is 0 Å². The normalized spacial score (nSPS) is 10.5. The Morgan fingerprint density at radius 1 is 1.03 bits per heavy atom. The highest BCUT2D eigenvalue weighted by atomic mass is 35.5. The van der Waals surface area contributed by atoms with E-state index in [0.29, 0.717) is 10.7 Å². The van der Waals surface area contributed by atoms with Gasteiger partial charge >= 0.3 is 0 Å². The van der Waals surface area contributed by atoms with Crippen LogP contribution in [0.3, 0.4) is 0 Å². The molecule has 0 fully saturated rings. The smallest absolute Gasteiger partial charge is 0.293 e. The van der Waals surface area contributed by atoms with Gasteiger partial charge in [0.1, 0.15) is 5.69 Å². The van der Waals surface area contributed by atoms with Gasteiger partial charge in [-0.25, -0.2) is 0 Å². The van der Waals surface area contributed by atoms with Crippen molar-refractivity contribution in [2.75, 3.05) is 24.2 Å². The molecule has 0 unspecified atom stereocenters. The average Bonchev–Trinajstić information content (AvgIpc) is 2.80. The van der Waals surface area contributed by atoms with Crippen molar-refractivity contribution in [3.63, 3.8) is 0 Å². The number of nitro groups is 1. The van der Waals surface area contributed by atoms with Crippen LogP contribution in [0, 0.1) is 24.0 Å². The molecule has 0 aromatic heterocycles. The van der Waals surface area contributed by atoms with Crippen molar-refractivity contribution in [3.8, 4) is 0 Å². The molecule has 3 aromatic carbocycles. The average molecular weight is 481 g/mol. The van der Waals surface area contributed by atoms with Crippen molar-refractivity contribution >= 4 is 40.5 Å². The molecule has 3 aromatic rings. The first kappa shape index (κ1) is 24.7. The first-order valence-electron chi connectivity index (χ1n) is 10.5. The van der Waals surface area contributed by atoms with E-state index in [-0.39, 0.29) is 35.9 Å². The zero-order chi connectivity index (χ0) is 24.8. The quantitative estimate of drug-likeness (QED) is 0.341. The standard InChI is InChI=1S/C25H25ClN4O4/c1-16-7-6-8-17(2)24(16)28-23(31)15-29(3)25(32)18-11-12-21(22(13-18)30(33)34)27-14-19-9-4-5-10-20(19)26/h4-13,27H,14-15H2,1-3H3,(H,28,31). The van der Waals surface area contributed by atoms with Crippen LogP contribution in [-0.4, -0.2) is 35.2 Å². The summed E-state index contributed by atoms with van der Waals surface area (Å²) in [5, 5.41) is 18.0. The van der Waals surface area contributed by atoms with Gasteiger partial charge in [-0.05, 0) is 48.7 Å². The van der Waals surface area contributed by atoms with E-state index in [9.17, 15) is 19.7 Å². The van der Waals surface area contributed by atoms with Gasteiger partial charge in [-0.1, -0.05) is 48.0 Å². The summed E-state index contributed by atoms with van der Waals surface area (Å²) in [5.74, 6) is -0.863. The summed E-state index contributed by atoms with van der Waals surface area (Å²) in [6, 6.07) is 17.0. The summed E-state index contributed by atoms with van der Waals surface area (Å²) < 4.78 is 0. The summed E-state index contributed by atoms with van der Waals surface area (Å²) >= 11 is 6.15. The van der Waals surface area contributed by atoms with Gasteiger partial charge < -0.3 is 15.5 Å². The highest BCUT2D eigenvalue weighted by Crippen LogP contribution is 2.27. The van der Waals surface area contributed by atoms with E-state index in [2.05, 4.69) is 10.6 Å². The summed E-state index contributed by atoms with van der Waals surface area (Å²) in [6.45, 7) is 3.86. The molecule has 3 rings (SSSR count). The van der Waals surface area contributed by atoms with Crippen LogP contribution in [0.1, 0.15) is 27.0 Å². The zero-order valence-electron chi connectivity index (χ0n) is 19.1. The number of nitrogens with one attached hydrogen (secondary N) is 2. The fourth-order valence-corrected chi connectivity index (χ4v) is 3.70. The lowest BCUT2D eigenvalue weighted by Gasteiger charge is -2.18. The Balaban J connectivity index is 1.71. The number of likely N-dealkylation sites (N-methyl/N-ethyl adjacent to an activating group) is 1. The maximum absolute atomic E-state index is 12.9. The van der Waals surface area contributed by atoms with E-state index < -0.39 is 10.8 Å². The number of halogens is 1. The van der Waals surface area contributed by atoms with Crippen LogP contribution in [0.4, 0.5) is 17.1 Å². The van der Waals surface area contributed by atoms with E-state index in [0.717, 1.165) is 16.7 Å². The van der Waals surface area contributed by atoms with Gasteiger partial charge in [0.15, 0.2) is 0 Å². The Morgan fingerprint density at radius 3 is 2.35 bits per heavy atom. The summed E-state index contributed by atoms with van der Waals surface area (Å²) in [6.07, 6.45) is 0. The largest absolute Gasteiger partial charge is 0.375 e. The number of benzene rings is 3. The molecule has 0 aliphatic carbocycles. The Kier molecular flexibility index (Phi) is 7.86. The van der Waals surface area contributed by atoms with Gasteiger partial charge in [-0.3, -0.25) is 19.7 Å². The van der Waals surface area contributed by atoms with Crippen molar-refractivity contribution in [3.05, 3.63) is 98.1 Å². The maximum Gasteiger partial charge on any atom is 0.293 e. The summed E-state index contributed by atoms with van der Waals surface area (Å²) in [4.78, 5) is 37.7. The van der Waals surface area contributed by atoms with Gasteiger partial charge in [0.25, 0.3) is 11.6 Å². The number of para-hydroxylation sites is 1. The van der Waals surface area contributed by atoms with Gasteiger partial charge in [0, 0.05) is 35.9 Å². The van der Waals surface area contributed by atoms with Crippen molar-refractivity contribution in [2.24, 2.45) is 0 Å². The van der Waals surface area contributed by atoms with Crippen molar-refractivity contribution in [1.82, 2.24) is 4.90 Å². The predicted molar refractivity (Wildman–Crippen MR) is 133 cm³/mol. The lowest BCUT2D eigenvalue weighted by atomic mass is 10.1. The Morgan fingerprint density at radius 2 is 1.71 bits per heavy atom. The molecular weight excluding hydrogens is 456 g/mol. The van der Waals surface area contributed by atoms with Crippen LogP contribution in [0.15, 0.2) is 60.7 Å². The summed E-state index contributed by atoms with van der Waals surface area (Å²) in [5.41, 5.74) is 3.45. The molecule has 0 spiro atoms. The molecule has 0 heterocycles. The minimum Gasteiger partial charge on any atom is -0.375 e. The van der Waals surface area contributed by atoms with Crippen LogP contribution >= 0.6 is 11.6 Å². The molecule has 0 aliphatic rings. The first-order valence-corrected chi connectivity index (χ1v) is 10.9. The van der Waals surface area contributed by atoms with Crippen LogP contribution in [-0.2, 0) is 11.3 Å². The molecule has 0 radical (unpaired) electrons. The highest BCUT2D eigenvalue weighted by molar-refractivity contribution is 6.31. The second-order valence-electron chi connectivity index (χ2n) is 7.91. The molecule has 0 saturated heterocycles. The minimum absolute atomic E-state index is 0.109. The lowest BCUT2D eigenvalue weighted by molar-refractivity contribution is -0.384. The van der Waals surface area contributed by atoms with Gasteiger partial charge in [-0.15, -0.1) is 0 Å². The third-order valence-electron chi connectivity index (χ3n) is 5.34. The molecule has 0 saturated carbocycles. The third-order valence-corrected chi connectivity index (χ3v) is 5.71. The molecule has 2 N–H and O–H groups in total. The van der Waals surface area contributed by atoms with Crippen molar-refractivity contribution < 1.29 is 14.5 Å². The molecule has 34 heavy (non-hydrogen) atoms. The number of hydrogen-bond donors (Lipinski definition) is 2. The third kappa shape index (κ3) is 5.90. The second kappa shape index (κ2) is 10.8.